The first-order valence-electron chi connectivity index (χ1n) is 20.8. The Morgan fingerprint density at radius 3 is 2.37 bits per heavy atom. The number of alkyl halides is 3. The molecule has 2 aromatic carbocycles. The number of anilines is 2. The summed E-state index contributed by atoms with van der Waals surface area (Å²) in [6.07, 6.45) is 1.34. The lowest BCUT2D eigenvalue weighted by Crippen LogP contribution is -2.57. The average Bonchev–Trinajstić information content (AvgIpc) is 4.03. The fraction of sp³-hybridized carbons (Fsp3) is 0.386. The van der Waals surface area contributed by atoms with Crippen LogP contribution >= 0.6 is 0 Å². The van der Waals surface area contributed by atoms with Crippen molar-refractivity contribution in [3.63, 3.8) is 0 Å². The molecule has 0 bridgehead atoms. The van der Waals surface area contributed by atoms with Crippen LogP contribution in [0.25, 0.3) is 22.0 Å². The summed E-state index contributed by atoms with van der Waals surface area (Å²) in [6, 6.07) is 8.61. The fourth-order valence-electron chi connectivity index (χ4n) is 8.07. The SMILES string of the molecule is CN1CC(NC(=O)c2cnc3cc(C(F)(F)F)c(-c4ccc(C(=O)NCCCCCC(=O)CNc5cccc6c5C(=O)N(C5CCC(=O)NC5=O)C6=O)nc4)cc3c2NC2CC2)C1. The van der Waals surface area contributed by atoms with Crippen LogP contribution in [0.2, 0.25) is 0 Å². The number of piperidine rings is 1. The third-order valence-electron chi connectivity index (χ3n) is 11.6. The van der Waals surface area contributed by atoms with Crippen LogP contribution in [0.3, 0.4) is 0 Å². The van der Waals surface area contributed by atoms with E-state index < -0.39 is 47.3 Å². The standard InChI is InChI=1S/C44H44F3N9O7/c1-55-21-25(22-55)53-39(59)30-20-51-34-17-31(44(45,46)47)28(16-29(34)38(30)52-24-10-11-24)23-9-12-33(49-18-23)40(60)48-15-4-2-3-6-26(57)19-50-32-8-5-7-27-37(32)43(63)56(42(27)62)35-13-14-36(58)54-41(35)61/h5,7-9,12,16-18,20,24-25,35,50H,2-4,6,10-11,13-15,19,21-22H2,1H3,(H,48,60)(H,51,52)(H,53,59)(H,54,58,61). The van der Waals surface area contributed by atoms with Gasteiger partial charge in [-0.25, -0.2) is 0 Å². The van der Waals surface area contributed by atoms with E-state index in [0.29, 0.717) is 43.4 Å². The van der Waals surface area contributed by atoms with E-state index in [1.165, 1.54) is 36.7 Å². The highest BCUT2D eigenvalue weighted by atomic mass is 19.4. The number of nitrogens with zero attached hydrogens (tertiary/aromatic N) is 4. The number of aromatic nitrogens is 2. The molecule has 1 atom stereocenters. The number of likely N-dealkylation sites (N-methyl/N-ethyl adjacent to an activating group) is 1. The summed E-state index contributed by atoms with van der Waals surface area (Å²) < 4.78 is 43.5. The third-order valence-corrected chi connectivity index (χ3v) is 11.6. The minimum Gasteiger partial charge on any atom is -0.381 e. The molecule has 5 N–H and O–H groups in total. The van der Waals surface area contributed by atoms with Crippen LogP contribution in [0.15, 0.2) is 54.9 Å². The zero-order chi connectivity index (χ0) is 44.6. The number of pyridine rings is 2. The van der Waals surface area contributed by atoms with Crippen LogP contribution < -0.4 is 26.6 Å². The predicted molar refractivity (Wildman–Crippen MR) is 223 cm³/mol. The Morgan fingerprint density at radius 2 is 1.67 bits per heavy atom. The number of amides is 6. The number of fused-ring (bicyclic) bond motifs is 2. The van der Waals surface area contributed by atoms with E-state index in [2.05, 4.69) is 41.5 Å². The van der Waals surface area contributed by atoms with Gasteiger partial charge in [0.1, 0.15) is 11.7 Å². The van der Waals surface area contributed by atoms with Gasteiger partial charge in [0.05, 0.1) is 46.0 Å². The number of hydrogen-bond donors (Lipinski definition) is 5. The first kappa shape index (κ1) is 42.9. The minimum atomic E-state index is -4.74. The summed E-state index contributed by atoms with van der Waals surface area (Å²) >= 11 is 0. The Bertz CT molecular complexity index is 2540. The summed E-state index contributed by atoms with van der Waals surface area (Å²) in [7, 11) is 1.94. The number of hydrogen-bond acceptors (Lipinski definition) is 12. The van der Waals surface area contributed by atoms with Crippen molar-refractivity contribution in [2.75, 3.05) is 43.9 Å². The highest BCUT2D eigenvalue weighted by molar-refractivity contribution is 6.25. The Hall–Kier alpha value is -6.76. The van der Waals surface area contributed by atoms with Gasteiger partial charge in [0, 0.05) is 67.5 Å². The molecule has 63 heavy (non-hydrogen) atoms. The molecular formula is C44H44F3N9O7. The molecule has 6 amide bonds. The van der Waals surface area contributed by atoms with E-state index >= 15 is 0 Å². The molecule has 4 aliphatic rings. The van der Waals surface area contributed by atoms with Crippen LogP contribution in [-0.2, 0) is 20.6 Å². The molecule has 2 saturated heterocycles. The monoisotopic (exact) mass is 867 g/mol. The van der Waals surface area contributed by atoms with Crippen molar-refractivity contribution in [2.45, 2.75) is 75.7 Å². The van der Waals surface area contributed by atoms with E-state index in [4.69, 9.17) is 0 Å². The van der Waals surface area contributed by atoms with Gasteiger partial charge < -0.3 is 26.2 Å². The molecule has 1 saturated carbocycles. The highest BCUT2D eigenvalue weighted by Gasteiger charge is 2.45. The summed E-state index contributed by atoms with van der Waals surface area (Å²) in [4.78, 5) is 101. The Kier molecular flexibility index (Phi) is 12.0. The molecule has 19 heteroatoms. The lowest BCUT2D eigenvalue weighted by molar-refractivity contribution is -0.137. The molecule has 328 valence electrons. The van der Waals surface area contributed by atoms with Gasteiger partial charge in [-0.2, -0.15) is 13.2 Å². The number of benzene rings is 2. The molecule has 3 aliphatic heterocycles. The van der Waals surface area contributed by atoms with Crippen molar-refractivity contribution in [1.29, 1.82) is 0 Å². The smallest absolute Gasteiger partial charge is 0.381 e. The van der Waals surface area contributed by atoms with Crippen LogP contribution in [0.1, 0.15) is 98.5 Å². The number of nitrogens with one attached hydrogen (secondary N) is 5. The van der Waals surface area contributed by atoms with Crippen molar-refractivity contribution in [3.8, 4) is 11.1 Å². The number of imide groups is 2. The van der Waals surface area contributed by atoms with Crippen LogP contribution in [0, 0.1) is 0 Å². The van der Waals surface area contributed by atoms with Crippen LogP contribution in [0.4, 0.5) is 24.5 Å². The number of ketones is 1. The lowest BCUT2D eigenvalue weighted by Gasteiger charge is -2.36. The molecule has 8 rings (SSSR count). The third kappa shape index (κ3) is 9.23. The second-order valence-electron chi connectivity index (χ2n) is 16.3. The van der Waals surface area contributed by atoms with Gasteiger partial charge >= 0.3 is 6.18 Å². The Morgan fingerprint density at radius 1 is 0.873 bits per heavy atom. The van der Waals surface area contributed by atoms with Gasteiger partial charge in [-0.1, -0.05) is 18.6 Å². The van der Waals surface area contributed by atoms with Crippen molar-refractivity contribution in [1.82, 2.24) is 35.7 Å². The lowest BCUT2D eigenvalue weighted by atomic mass is 9.96. The predicted octanol–water partition coefficient (Wildman–Crippen LogP) is 4.31. The summed E-state index contributed by atoms with van der Waals surface area (Å²) in [6.45, 7) is 1.51. The molecule has 3 fully saturated rings. The van der Waals surface area contributed by atoms with Crippen LogP contribution in [-0.4, -0.2) is 112 Å². The number of rotatable bonds is 16. The minimum absolute atomic E-state index is 0.000473. The van der Waals surface area contributed by atoms with Gasteiger partial charge in [-0.3, -0.25) is 53.7 Å². The molecule has 1 unspecified atom stereocenters. The van der Waals surface area contributed by atoms with Gasteiger partial charge in [-0.05, 0) is 75.0 Å². The Labute approximate surface area is 358 Å². The number of carbonyl (C=O) groups is 7. The first-order valence-corrected chi connectivity index (χ1v) is 20.8. The Balaban J connectivity index is 0.841. The van der Waals surface area contributed by atoms with E-state index in [-0.39, 0.29) is 101 Å². The highest BCUT2D eigenvalue weighted by Crippen LogP contribution is 2.42. The van der Waals surface area contributed by atoms with Gasteiger partial charge in [0.25, 0.3) is 23.6 Å². The van der Waals surface area contributed by atoms with Gasteiger partial charge in [0.2, 0.25) is 11.8 Å². The zero-order valence-corrected chi connectivity index (χ0v) is 34.2. The topological polar surface area (TPSA) is 212 Å². The number of Topliss-reactive ketones (excluding diaryl/α,β-unsaturated/α-hetero) is 1. The zero-order valence-electron chi connectivity index (χ0n) is 34.2. The quantitative estimate of drug-likeness (QED) is 0.0788. The molecule has 5 heterocycles. The van der Waals surface area contributed by atoms with E-state index in [1.807, 2.05) is 7.05 Å². The van der Waals surface area contributed by atoms with Crippen molar-refractivity contribution >= 4 is 63.5 Å². The molecule has 4 aromatic rings. The molecule has 0 spiro atoms. The molecule has 0 radical (unpaired) electrons. The number of carbonyl (C=O) groups excluding carboxylic acids is 7. The number of likely N-dealkylation sites (tertiary alicyclic amines) is 1. The largest absolute Gasteiger partial charge is 0.417 e. The fourth-order valence-corrected chi connectivity index (χ4v) is 8.07. The van der Waals surface area contributed by atoms with Gasteiger partial charge in [0.15, 0.2) is 5.78 Å². The van der Waals surface area contributed by atoms with Crippen molar-refractivity contribution < 1.29 is 46.7 Å². The summed E-state index contributed by atoms with van der Waals surface area (Å²) in [5.74, 6) is -3.57. The van der Waals surface area contributed by atoms with E-state index in [9.17, 15) is 46.7 Å². The second-order valence-corrected chi connectivity index (χ2v) is 16.3. The number of halogens is 3. The van der Waals surface area contributed by atoms with Crippen LogP contribution in [0.5, 0.6) is 0 Å². The van der Waals surface area contributed by atoms with Gasteiger partial charge in [-0.15, -0.1) is 0 Å². The maximum absolute atomic E-state index is 14.5. The average molecular weight is 868 g/mol. The van der Waals surface area contributed by atoms with Crippen molar-refractivity contribution in [3.05, 3.63) is 82.8 Å². The molecule has 16 nitrogen and oxygen atoms in total. The van der Waals surface area contributed by atoms with E-state index in [0.717, 1.165) is 23.8 Å². The van der Waals surface area contributed by atoms with E-state index in [1.54, 1.807) is 12.1 Å². The molecule has 2 aromatic heterocycles. The normalized spacial score (nSPS) is 17.9. The number of unbranched alkanes of at least 4 members (excludes halogenated alkanes) is 2. The summed E-state index contributed by atoms with van der Waals surface area (Å²) in [5, 5.41) is 14.5. The maximum Gasteiger partial charge on any atom is 0.417 e. The maximum atomic E-state index is 14.5. The molecule has 1 aliphatic carbocycles. The first-order chi connectivity index (χ1) is 30.2. The summed E-state index contributed by atoms with van der Waals surface area (Å²) in [5.41, 5.74) is 0.178. The molecular weight excluding hydrogens is 824 g/mol. The van der Waals surface area contributed by atoms with Crippen molar-refractivity contribution in [2.24, 2.45) is 0 Å². The second kappa shape index (κ2) is 17.5.